The average molecular weight is 365 g/mol. The Morgan fingerprint density at radius 3 is 2.85 bits per heavy atom. The van der Waals surface area contributed by atoms with Gasteiger partial charge in [0.15, 0.2) is 11.5 Å². The first-order chi connectivity index (χ1) is 12.9. The van der Waals surface area contributed by atoms with E-state index in [1.807, 2.05) is 32.2 Å². The molecule has 0 bridgehead atoms. The van der Waals surface area contributed by atoms with Gasteiger partial charge in [-0.05, 0) is 37.9 Å². The molecule has 4 rings (SSSR count). The summed E-state index contributed by atoms with van der Waals surface area (Å²) < 4.78 is 5.46. The molecule has 3 heterocycles. The molecular weight excluding hydrogens is 338 g/mol. The summed E-state index contributed by atoms with van der Waals surface area (Å²) in [5.41, 5.74) is 4.21. The van der Waals surface area contributed by atoms with E-state index in [2.05, 4.69) is 47.0 Å². The normalized spacial score (nSPS) is 23.2. The highest BCUT2D eigenvalue weighted by Crippen LogP contribution is 2.46. The molecule has 1 fully saturated rings. The molecule has 0 spiro atoms. The molecule has 2 aliphatic heterocycles. The number of allylic oxidation sites excluding steroid dienone is 1. The van der Waals surface area contributed by atoms with Crippen LogP contribution in [0.1, 0.15) is 49.7 Å². The summed E-state index contributed by atoms with van der Waals surface area (Å²) in [7, 11) is 2.04. The van der Waals surface area contributed by atoms with E-state index < -0.39 is 0 Å². The molecule has 0 amide bonds. The van der Waals surface area contributed by atoms with Crippen molar-refractivity contribution >= 4 is 11.5 Å². The van der Waals surface area contributed by atoms with E-state index in [1.54, 1.807) is 0 Å². The molecule has 27 heavy (non-hydrogen) atoms. The third-order valence-corrected chi connectivity index (χ3v) is 5.94. The van der Waals surface area contributed by atoms with Crippen molar-refractivity contribution in [3.63, 3.8) is 0 Å². The van der Waals surface area contributed by atoms with Gasteiger partial charge < -0.3 is 9.42 Å². The van der Waals surface area contributed by atoms with Crippen LogP contribution in [0.25, 0.3) is 0 Å². The minimum atomic E-state index is -0.173. The SMILES string of the molecule is Cc1cc(C2CCCN2CC(=O)/C=C2\N(C)c3ccccc3C2(C)C)on1. The minimum absolute atomic E-state index is 0.140. The number of aryl methyl sites for hydroxylation is 1. The molecule has 1 saturated heterocycles. The third kappa shape index (κ3) is 3.10. The van der Waals surface area contributed by atoms with Crippen molar-refractivity contribution in [2.24, 2.45) is 0 Å². The molecule has 1 atom stereocenters. The predicted octanol–water partition coefficient (Wildman–Crippen LogP) is 4.00. The fourth-order valence-electron chi connectivity index (χ4n) is 4.54. The number of likely N-dealkylation sites (N-methyl/N-ethyl adjacent to an activating group) is 1. The zero-order valence-corrected chi connectivity index (χ0v) is 16.5. The van der Waals surface area contributed by atoms with Crippen LogP contribution in [0.15, 0.2) is 46.6 Å². The van der Waals surface area contributed by atoms with E-state index in [4.69, 9.17) is 4.52 Å². The Morgan fingerprint density at radius 2 is 2.15 bits per heavy atom. The minimum Gasteiger partial charge on any atom is -0.359 e. The quantitative estimate of drug-likeness (QED) is 0.767. The van der Waals surface area contributed by atoms with Gasteiger partial charge in [-0.25, -0.2) is 0 Å². The second-order valence-electron chi connectivity index (χ2n) is 8.20. The van der Waals surface area contributed by atoms with Gasteiger partial charge in [-0.1, -0.05) is 37.2 Å². The molecule has 2 aliphatic rings. The zero-order valence-electron chi connectivity index (χ0n) is 16.5. The van der Waals surface area contributed by atoms with Crippen molar-refractivity contribution in [3.05, 3.63) is 59.1 Å². The monoisotopic (exact) mass is 365 g/mol. The van der Waals surface area contributed by atoms with Crippen molar-refractivity contribution in [2.75, 3.05) is 25.0 Å². The number of carbonyl (C=O) groups excluding carboxylic acids is 1. The van der Waals surface area contributed by atoms with E-state index in [-0.39, 0.29) is 17.2 Å². The average Bonchev–Trinajstić information content (AvgIpc) is 3.31. The molecule has 142 valence electrons. The van der Waals surface area contributed by atoms with Crippen LogP contribution in [0, 0.1) is 6.92 Å². The lowest BCUT2D eigenvalue weighted by molar-refractivity contribution is -0.116. The lowest BCUT2D eigenvalue weighted by Gasteiger charge is -2.25. The summed E-state index contributed by atoms with van der Waals surface area (Å²) in [6.45, 7) is 7.62. The van der Waals surface area contributed by atoms with Crippen LogP contribution in [-0.2, 0) is 10.2 Å². The number of ketones is 1. The Balaban J connectivity index is 1.54. The summed E-state index contributed by atoms with van der Waals surface area (Å²) in [5, 5.41) is 4.00. The van der Waals surface area contributed by atoms with Crippen LogP contribution in [0.3, 0.4) is 0 Å². The summed E-state index contributed by atoms with van der Waals surface area (Å²) in [6.07, 6.45) is 3.92. The number of para-hydroxylation sites is 1. The number of hydrogen-bond donors (Lipinski definition) is 0. The van der Waals surface area contributed by atoms with Crippen molar-refractivity contribution in [3.8, 4) is 0 Å². The van der Waals surface area contributed by atoms with Crippen LogP contribution in [0.4, 0.5) is 5.69 Å². The van der Waals surface area contributed by atoms with Gasteiger partial charge in [-0.15, -0.1) is 0 Å². The molecular formula is C22H27N3O2. The van der Waals surface area contributed by atoms with Gasteiger partial charge in [-0.3, -0.25) is 9.69 Å². The Morgan fingerprint density at radius 1 is 1.37 bits per heavy atom. The highest BCUT2D eigenvalue weighted by molar-refractivity contribution is 5.94. The lowest BCUT2D eigenvalue weighted by Crippen LogP contribution is -2.30. The number of nitrogens with zero attached hydrogens (tertiary/aromatic N) is 3. The number of fused-ring (bicyclic) bond motifs is 1. The number of anilines is 1. The fourth-order valence-corrected chi connectivity index (χ4v) is 4.54. The number of rotatable bonds is 4. The number of benzene rings is 1. The molecule has 5 heteroatoms. The molecule has 0 radical (unpaired) electrons. The first kappa shape index (κ1) is 18.0. The summed E-state index contributed by atoms with van der Waals surface area (Å²) in [5.74, 6) is 1.01. The van der Waals surface area contributed by atoms with Crippen LogP contribution >= 0.6 is 0 Å². The first-order valence-corrected chi connectivity index (χ1v) is 9.63. The smallest absolute Gasteiger partial charge is 0.171 e. The molecule has 0 N–H and O–H groups in total. The molecule has 5 nitrogen and oxygen atoms in total. The molecule has 0 aliphatic carbocycles. The maximum Gasteiger partial charge on any atom is 0.171 e. The predicted molar refractivity (Wildman–Crippen MR) is 106 cm³/mol. The fraction of sp³-hybridized carbons (Fsp3) is 0.455. The maximum atomic E-state index is 12.9. The van der Waals surface area contributed by atoms with Gasteiger partial charge in [0.1, 0.15) is 0 Å². The van der Waals surface area contributed by atoms with Crippen molar-refractivity contribution in [1.29, 1.82) is 0 Å². The number of carbonyl (C=O) groups is 1. The summed E-state index contributed by atoms with van der Waals surface area (Å²) >= 11 is 0. The van der Waals surface area contributed by atoms with Gasteiger partial charge in [0, 0.05) is 36.0 Å². The largest absolute Gasteiger partial charge is 0.359 e. The van der Waals surface area contributed by atoms with Gasteiger partial charge >= 0.3 is 0 Å². The van der Waals surface area contributed by atoms with E-state index in [0.29, 0.717) is 6.54 Å². The summed E-state index contributed by atoms with van der Waals surface area (Å²) in [6, 6.07) is 10.5. The van der Waals surface area contributed by atoms with Crippen LogP contribution in [0.2, 0.25) is 0 Å². The second kappa shape index (κ2) is 6.64. The second-order valence-corrected chi connectivity index (χ2v) is 8.20. The lowest BCUT2D eigenvalue weighted by atomic mass is 9.83. The number of hydrogen-bond acceptors (Lipinski definition) is 5. The van der Waals surface area contributed by atoms with Gasteiger partial charge in [0.2, 0.25) is 0 Å². The highest BCUT2D eigenvalue weighted by Gasteiger charge is 2.39. The zero-order chi connectivity index (χ0) is 19.2. The van der Waals surface area contributed by atoms with Crippen molar-refractivity contribution in [1.82, 2.24) is 10.1 Å². The number of likely N-dealkylation sites (tertiary alicyclic amines) is 1. The summed E-state index contributed by atoms with van der Waals surface area (Å²) in [4.78, 5) is 17.3. The van der Waals surface area contributed by atoms with E-state index in [1.165, 1.54) is 11.3 Å². The maximum absolute atomic E-state index is 12.9. The van der Waals surface area contributed by atoms with Crippen LogP contribution in [-0.4, -0.2) is 36.0 Å². The highest BCUT2D eigenvalue weighted by atomic mass is 16.5. The van der Waals surface area contributed by atoms with Crippen molar-refractivity contribution < 1.29 is 9.32 Å². The van der Waals surface area contributed by atoms with Gasteiger partial charge in [0.25, 0.3) is 0 Å². The Labute approximate surface area is 160 Å². The Kier molecular flexibility index (Phi) is 4.42. The van der Waals surface area contributed by atoms with Crippen LogP contribution in [0.5, 0.6) is 0 Å². The van der Waals surface area contributed by atoms with E-state index in [0.717, 1.165) is 36.5 Å². The van der Waals surface area contributed by atoms with Crippen LogP contribution < -0.4 is 4.90 Å². The molecule has 1 aromatic carbocycles. The van der Waals surface area contributed by atoms with Gasteiger partial charge in [-0.2, -0.15) is 0 Å². The van der Waals surface area contributed by atoms with E-state index >= 15 is 0 Å². The van der Waals surface area contributed by atoms with E-state index in [9.17, 15) is 4.79 Å². The molecule has 1 unspecified atom stereocenters. The van der Waals surface area contributed by atoms with Crippen molar-refractivity contribution in [2.45, 2.75) is 45.1 Å². The standard InChI is InChI=1S/C22H27N3O2/c1-15-12-20(27-23-15)19-10-7-11-25(19)14-16(26)13-21-22(2,3)17-8-5-6-9-18(17)24(21)4/h5-6,8-9,12-13,19H,7,10-11,14H2,1-4H3/b21-13-. The molecule has 0 saturated carbocycles. The molecule has 2 aromatic rings. The molecule has 1 aromatic heterocycles. The third-order valence-electron chi connectivity index (χ3n) is 5.94. The Bertz CT molecular complexity index is 896. The first-order valence-electron chi connectivity index (χ1n) is 9.63. The topological polar surface area (TPSA) is 49.6 Å². The Hall–Kier alpha value is -2.40. The van der Waals surface area contributed by atoms with Gasteiger partial charge in [0.05, 0.1) is 18.3 Å². The number of aromatic nitrogens is 1.